The Kier molecular flexibility index (Phi) is 5.65. The number of nitrogens with zero attached hydrogens (tertiary/aromatic N) is 2. The second-order valence-corrected chi connectivity index (χ2v) is 6.08. The van der Waals surface area contributed by atoms with Gasteiger partial charge in [0.2, 0.25) is 0 Å². The number of hydrogen-bond acceptors (Lipinski definition) is 6. The Balaban J connectivity index is 1.81. The lowest BCUT2D eigenvalue weighted by Gasteiger charge is -2.14. The van der Waals surface area contributed by atoms with Crippen LogP contribution in [0.5, 0.6) is 5.75 Å². The standard InChI is InChI=1S/C18H17Cl2N5O/c1-2-26-12-8-6-11(7-9-12)24-17-16(21)18(23-10-22-17)25-14-5-3-4-13(19)15(14)20/h3-10H,2,21H2,1H3,(H2,22,23,24,25). The highest BCUT2D eigenvalue weighted by Gasteiger charge is 2.11. The van der Waals surface area contributed by atoms with Gasteiger partial charge in [-0.15, -0.1) is 0 Å². The molecule has 0 radical (unpaired) electrons. The maximum atomic E-state index is 6.20. The summed E-state index contributed by atoms with van der Waals surface area (Å²) in [6, 6.07) is 12.8. The second-order valence-electron chi connectivity index (χ2n) is 5.29. The maximum Gasteiger partial charge on any atom is 0.159 e. The number of hydrogen-bond donors (Lipinski definition) is 3. The fourth-order valence-corrected chi connectivity index (χ4v) is 2.61. The third-order valence-electron chi connectivity index (χ3n) is 3.52. The minimum atomic E-state index is 0.359. The molecule has 6 nitrogen and oxygen atoms in total. The van der Waals surface area contributed by atoms with E-state index in [1.165, 1.54) is 6.33 Å². The molecule has 0 atom stereocenters. The van der Waals surface area contributed by atoms with Gasteiger partial charge in [0.25, 0.3) is 0 Å². The van der Waals surface area contributed by atoms with Crippen LogP contribution in [0.2, 0.25) is 10.0 Å². The molecule has 134 valence electrons. The largest absolute Gasteiger partial charge is 0.494 e. The Hall–Kier alpha value is -2.70. The highest BCUT2D eigenvalue weighted by atomic mass is 35.5. The molecule has 3 aromatic rings. The van der Waals surface area contributed by atoms with Crippen LogP contribution in [-0.4, -0.2) is 16.6 Å². The molecule has 0 fully saturated rings. The predicted octanol–water partition coefficient (Wildman–Crippen LogP) is 5.25. The normalized spacial score (nSPS) is 10.4. The molecular formula is C18H17Cl2N5O. The molecule has 2 aromatic carbocycles. The number of rotatable bonds is 6. The molecule has 0 saturated carbocycles. The first kappa shape index (κ1) is 18.1. The van der Waals surface area contributed by atoms with Crippen molar-refractivity contribution in [1.29, 1.82) is 0 Å². The number of anilines is 5. The number of nitrogens with two attached hydrogens (primary N) is 1. The molecule has 0 unspecified atom stereocenters. The van der Waals surface area contributed by atoms with E-state index in [1.807, 2.05) is 31.2 Å². The van der Waals surface area contributed by atoms with Crippen molar-refractivity contribution in [3.8, 4) is 5.75 Å². The molecule has 0 aliphatic rings. The molecule has 0 saturated heterocycles. The highest BCUT2D eigenvalue weighted by molar-refractivity contribution is 6.43. The average molecular weight is 390 g/mol. The van der Waals surface area contributed by atoms with E-state index in [0.29, 0.717) is 39.7 Å². The Morgan fingerprint density at radius 1 is 1.00 bits per heavy atom. The van der Waals surface area contributed by atoms with Crippen molar-refractivity contribution in [2.45, 2.75) is 6.92 Å². The van der Waals surface area contributed by atoms with Gasteiger partial charge in [0.05, 0.1) is 22.3 Å². The number of halogens is 2. The molecule has 3 rings (SSSR count). The Labute approximate surface area is 161 Å². The summed E-state index contributed by atoms with van der Waals surface area (Å²) >= 11 is 12.2. The van der Waals surface area contributed by atoms with E-state index >= 15 is 0 Å². The first-order valence-electron chi connectivity index (χ1n) is 7.90. The van der Waals surface area contributed by atoms with Gasteiger partial charge >= 0.3 is 0 Å². The summed E-state index contributed by atoms with van der Waals surface area (Å²) in [5, 5.41) is 7.08. The quantitative estimate of drug-likeness (QED) is 0.533. The van der Waals surface area contributed by atoms with Crippen LogP contribution < -0.4 is 21.1 Å². The molecule has 1 aromatic heterocycles. The van der Waals surface area contributed by atoms with Crippen LogP contribution in [0.25, 0.3) is 0 Å². The van der Waals surface area contributed by atoms with Crippen LogP contribution in [0.15, 0.2) is 48.8 Å². The number of nitrogens with one attached hydrogen (secondary N) is 2. The van der Waals surface area contributed by atoms with Crippen LogP contribution in [0.4, 0.5) is 28.7 Å². The lowest BCUT2D eigenvalue weighted by Crippen LogP contribution is -2.05. The number of nitrogen functional groups attached to an aromatic ring is 1. The highest BCUT2D eigenvalue weighted by Crippen LogP contribution is 2.34. The van der Waals surface area contributed by atoms with E-state index in [-0.39, 0.29) is 0 Å². The van der Waals surface area contributed by atoms with Gasteiger partial charge in [-0.3, -0.25) is 0 Å². The zero-order valence-corrected chi connectivity index (χ0v) is 15.5. The van der Waals surface area contributed by atoms with E-state index in [2.05, 4.69) is 20.6 Å². The van der Waals surface area contributed by atoms with Crippen molar-refractivity contribution in [2.24, 2.45) is 0 Å². The van der Waals surface area contributed by atoms with Crippen LogP contribution >= 0.6 is 23.2 Å². The summed E-state index contributed by atoms with van der Waals surface area (Å²) in [6.45, 7) is 2.56. The molecule has 4 N–H and O–H groups in total. The monoisotopic (exact) mass is 389 g/mol. The van der Waals surface area contributed by atoms with Crippen LogP contribution in [-0.2, 0) is 0 Å². The van der Waals surface area contributed by atoms with E-state index in [0.717, 1.165) is 11.4 Å². The van der Waals surface area contributed by atoms with Gasteiger partial charge in [-0.25, -0.2) is 9.97 Å². The minimum Gasteiger partial charge on any atom is -0.494 e. The van der Waals surface area contributed by atoms with Crippen molar-refractivity contribution in [3.63, 3.8) is 0 Å². The maximum absolute atomic E-state index is 6.20. The zero-order valence-electron chi connectivity index (χ0n) is 14.0. The SMILES string of the molecule is CCOc1ccc(Nc2ncnc(Nc3cccc(Cl)c3Cl)c2N)cc1. The predicted molar refractivity (Wildman–Crippen MR) is 107 cm³/mol. The van der Waals surface area contributed by atoms with E-state index in [4.69, 9.17) is 33.7 Å². The fourth-order valence-electron chi connectivity index (χ4n) is 2.26. The Morgan fingerprint density at radius 3 is 2.38 bits per heavy atom. The van der Waals surface area contributed by atoms with E-state index in [1.54, 1.807) is 18.2 Å². The molecule has 0 aliphatic carbocycles. The Morgan fingerprint density at radius 2 is 1.69 bits per heavy atom. The van der Waals surface area contributed by atoms with Crippen molar-refractivity contribution in [3.05, 3.63) is 58.8 Å². The van der Waals surface area contributed by atoms with Crippen molar-refractivity contribution >= 4 is 51.9 Å². The first-order chi connectivity index (χ1) is 12.6. The number of aromatic nitrogens is 2. The molecular weight excluding hydrogens is 373 g/mol. The van der Waals surface area contributed by atoms with Gasteiger partial charge < -0.3 is 21.1 Å². The van der Waals surface area contributed by atoms with Crippen LogP contribution in [0.3, 0.4) is 0 Å². The lowest BCUT2D eigenvalue weighted by molar-refractivity contribution is 0.340. The zero-order chi connectivity index (χ0) is 18.5. The molecule has 0 spiro atoms. The van der Waals surface area contributed by atoms with Gasteiger partial charge in [0.15, 0.2) is 11.6 Å². The number of ether oxygens (including phenoxy) is 1. The van der Waals surface area contributed by atoms with Gasteiger partial charge in [-0.05, 0) is 43.3 Å². The minimum absolute atomic E-state index is 0.359. The van der Waals surface area contributed by atoms with Gasteiger partial charge in [0, 0.05) is 5.69 Å². The summed E-state index contributed by atoms with van der Waals surface area (Å²) < 4.78 is 5.43. The number of benzene rings is 2. The second kappa shape index (κ2) is 8.12. The van der Waals surface area contributed by atoms with Crippen LogP contribution in [0.1, 0.15) is 6.92 Å². The first-order valence-corrected chi connectivity index (χ1v) is 8.65. The average Bonchev–Trinajstić information content (AvgIpc) is 2.64. The fraction of sp³-hybridized carbons (Fsp3) is 0.111. The van der Waals surface area contributed by atoms with E-state index in [9.17, 15) is 0 Å². The summed E-state index contributed by atoms with van der Waals surface area (Å²) in [5.74, 6) is 1.70. The van der Waals surface area contributed by atoms with Crippen molar-refractivity contribution in [1.82, 2.24) is 9.97 Å². The molecule has 0 bridgehead atoms. The van der Waals surface area contributed by atoms with Gasteiger partial charge in [0.1, 0.15) is 17.8 Å². The third-order valence-corrected chi connectivity index (χ3v) is 4.34. The summed E-state index contributed by atoms with van der Waals surface area (Å²) in [7, 11) is 0. The molecule has 26 heavy (non-hydrogen) atoms. The lowest BCUT2D eigenvalue weighted by atomic mass is 10.3. The van der Waals surface area contributed by atoms with Crippen molar-refractivity contribution < 1.29 is 4.74 Å². The Bertz CT molecular complexity index is 903. The summed E-state index contributed by atoms with van der Waals surface area (Å²) in [5.41, 5.74) is 7.99. The van der Waals surface area contributed by atoms with Gasteiger partial charge in [-0.1, -0.05) is 29.3 Å². The molecule has 0 aliphatic heterocycles. The smallest absolute Gasteiger partial charge is 0.159 e. The summed E-state index contributed by atoms with van der Waals surface area (Å²) in [6.07, 6.45) is 1.41. The molecule has 1 heterocycles. The van der Waals surface area contributed by atoms with Crippen LogP contribution in [0, 0.1) is 0 Å². The van der Waals surface area contributed by atoms with Crippen molar-refractivity contribution in [2.75, 3.05) is 23.0 Å². The summed E-state index contributed by atoms with van der Waals surface area (Å²) in [4.78, 5) is 8.37. The molecule has 8 heteroatoms. The molecule has 0 amide bonds. The van der Waals surface area contributed by atoms with E-state index < -0.39 is 0 Å². The topological polar surface area (TPSA) is 85.1 Å². The van der Waals surface area contributed by atoms with Gasteiger partial charge in [-0.2, -0.15) is 0 Å². The third kappa shape index (κ3) is 4.09.